The number of hydrogen-bond donors (Lipinski definition) is 4. The first kappa shape index (κ1) is 32.7. The van der Waals surface area contributed by atoms with Crippen LogP contribution < -0.4 is 10.6 Å². The van der Waals surface area contributed by atoms with Crippen LogP contribution in [0.25, 0.3) is 17.2 Å². The zero-order valence-electron chi connectivity index (χ0n) is 23.6. The Bertz CT molecular complexity index is 1660. The standard InChI is InChI=1S/C30H28F2N4O6S3/c31-22-4-1-17(12-23(22)32)18-11-20(44-16-18)14-26-28(39)36(30(43)45-26)15-24(33-5-6-35-7-9-42-10-8-35)27(38)34-19-2-3-21(29(40)41)25(37)13-19/h1-4,11-14,16,24,33,37H,5-10,15H2,(H,34,38)(H,40,41)/t24-/m0/s1. The lowest BCUT2D eigenvalue weighted by Crippen LogP contribution is -2.51. The summed E-state index contributed by atoms with van der Waals surface area (Å²) in [6.07, 6.45) is 1.67. The quantitative estimate of drug-likeness (QED) is 0.173. The Morgan fingerprint density at radius 3 is 2.58 bits per heavy atom. The Morgan fingerprint density at radius 1 is 1.09 bits per heavy atom. The van der Waals surface area contributed by atoms with Crippen molar-refractivity contribution in [3.8, 4) is 16.9 Å². The summed E-state index contributed by atoms with van der Waals surface area (Å²) in [6.45, 7) is 3.73. The van der Waals surface area contributed by atoms with Crippen LogP contribution in [0.1, 0.15) is 15.2 Å². The van der Waals surface area contributed by atoms with E-state index in [4.69, 9.17) is 17.0 Å². The maximum atomic E-state index is 13.7. The number of hydrogen-bond acceptors (Lipinski definition) is 10. The molecule has 0 spiro atoms. The molecule has 0 unspecified atom stereocenters. The number of carbonyl (C=O) groups is 3. The summed E-state index contributed by atoms with van der Waals surface area (Å²) in [5, 5.41) is 26.9. The number of carboxylic acid groups (broad SMARTS) is 1. The molecule has 2 aliphatic rings. The summed E-state index contributed by atoms with van der Waals surface area (Å²) in [5.74, 6) is -4.59. The summed E-state index contributed by atoms with van der Waals surface area (Å²) in [6, 6.07) is 8.19. The Balaban J connectivity index is 1.30. The van der Waals surface area contributed by atoms with Crippen LogP contribution in [0.4, 0.5) is 14.5 Å². The third kappa shape index (κ3) is 8.11. The molecule has 2 saturated heterocycles. The number of nitrogens with one attached hydrogen (secondary N) is 2. The fraction of sp³-hybridized carbons (Fsp3) is 0.267. The highest BCUT2D eigenvalue weighted by molar-refractivity contribution is 8.26. The number of phenols is 1. The number of nitrogens with zero attached hydrogens (tertiary/aromatic N) is 2. The normalized spacial score (nSPS) is 17.2. The summed E-state index contributed by atoms with van der Waals surface area (Å²) in [5.41, 5.74) is 1.05. The van der Waals surface area contributed by atoms with Crippen LogP contribution in [0.15, 0.2) is 52.7 Å². The van der Waals surface area contributed by atoms with Gasteiger partial charge in [0.2, 0.25) is 5.91 Å². The highest BCUT2D eigenvalue weighted by atomic mass is 32.2. The smallest absolute Gasteiger partial charge is 0.339 e. The number of thiophene rings is 1. The number of carboxylic acids is 1. The lowest BCUT2D eigenvalue weighted by molar-refractivity contribution is -0.123. The van der Waals surface area contributed by atoms with Gasteiger partial charge in [-0.15, -0.1) is 11.3 Å². The Hall–Kier alpha value is -3.73. The number of amides is 2. The largest absolute Gasteiger partial charge is 0.507 e. The van der Waals surface area contributed by atoms with Gasteiger partial charge in [-0.25, -0.2) is 13.6 Å². The molecule has 2 aromatic carbocycles. The van der Waals surface area contributed by atoms with Gasteiger partial charge >= 0.3 is 5.97 Å². The van der Waals surface area contributed by atoms with Crippen LogP contribution in [0, 0.1) is 11.6 Å². The van der Waals surface area contributed by atoms with Crippen molar-refractivity contribution in [3.05, 3.63) is 74.8 Å². The topological polar surface area (TPSA) is 131 Å². The van der Waals surface area contributed by atoms with E-state index in [0.29, 0.717) is 47.2 Å². The molecule has 236 valence electrons. The van der Waals surface area contributed by atoms with Crippen molar-refractivity contribution in [2.24, 2.45) is 0 Å². The molecule has 5 rings (SSSR count). The van der Waals surface area contributed by atoms with Gasteiger partial charge in [-0.3, -0.25) is 19.4 Å². The highest BCUT2D eigenvalue weighted by Crippen LogP contribution is 2.35. The van der Waals surface area contributed by atoms with Gasteiger partial charge in [-0.1, -0.05) is 30.0 Å². The molecular weight excluding hydrogens is 647 g/mol. The van der Waals surface area contributed by atoms with E-state index in [0.717, 1.165) is 43.1 Å². The van der Waals surface area contributed by atoms with Crippen molar-refractivity contribution < 1.29 is 38.1 Å². The van der Waals surface area contributed by atoms with Crippen molar-refractivity contribution in [2.75, 3.05) is 51.3 Å². The molecule has 1 aromatic heterocycles. The first-order chi connectivity index (χ1) is 21.6. The summed E-state index contributed by atoms with van der Waals surface area (Å²) >= 11 is 7.93. The average Bonchev–Trinajstić information content (AvgIpc) is 3.58. The Morgan fingerprint density at radius 2 is 1.87 bits per heavy atom. The number of morpholine rings is 1. The number of aromatic carboxylic acids is 1. The first-order valence-electron chi connectivity index (χ1n) is 13.8. The first-order valence-corrected chi connectivity index (χ1v) is 15.9. The Labute approximate surface area is 270 Å². The summed E-state index contributed by atoms with van der Waals surface area (Å²) in [7, 11) is 0. The Kier molecular flexibility index (Phi) is 10.6. The van der Waals surface area contributed by atoms with Crippen LogP contribution in [-0.4, -0.2) is 94.1 Å². The average molecular weight is 675 g/mol. The number of thioether (sulfide) groups is 1. The van der Waals surface area contributed by atoms with Crippen molar-refractivity contribution in [1.82, 2.24) is 15.1 Å². The van der Waals surface area contributed by atoms with E-state index in [2.05, 4.69) is 15.5 Å². The number of halogens is 2. The third-order valence-electron chi connectivity index (χ3n) is 7.12. The monoisotopic (exact) mass is 674 g/mol. The molecule has 4 N–H and O–H groups in total. The van der Waals surface area contributed by atoms with Gasteiger partial charge in [0, 0.05) is 42.8 Å². The second kappa shape index (κ2) is 14.6. The van der Waals surface area contributed by atoms with E-state index < -0.39 is 35.3 Å². The van der Waals surface area contributed by atoms with Gasteiger partial charge in [-0.2, -0.15) is 0 Å². The second-order valence-corrected chi connectivity index (χ2v) is 12.8. The minimum atomic E-state index is -1.31. The highest BCUT2D eigenvalue weighted by Gasteiger charge is 2.35. The van der Waals surface area contributed by atoms with E-state index in [-0.39, 0.29) is 28.0 Å². The molecule has 45 heavy (non-hydrogen) atoms. The number of benzene rings is 2. The third-order valence-corrected chi connectivity index (χ3v) is 9.38. The van der Waals surface area contributed by atoms with Crippen molar-refractivity contribution in [1.29, 1.82) is 0 Å². The van der Waals surface area contributed by atoms with Crippen molar-refractivity contribution in [3.63, 3.8) is 0 Å². The molecule has 0 aliphatic carbocycles. The van der Waals surface area contributed by atoms with Gasteiger partial charge in [0.05, 0.1) is 24.7 Å². The van der Waals surface area contributed by atoms with Gasteiger partial charge in [0.15, 0.2) is 11.6 Å². The molecule has 2 amide bonds. The summed E-state index contributed by atoms with van der Waals surface area (Å²) in [4.78, 5) is 42.7. The minimum Gasteiger partial charge on any atom is -0.507 e. The predicted octanol–water partition coefficient (Wildman–Crippen LogP) is 4.23. The molecule has 3 aromatic rings. The fourth-order valence-corrected chi connectivity index (χ4v) is 6.89. The second-order valence-electron chi connectivity index (χ2n) is 10.1. The zero-order chi connectivity index (χ0) is 32.1. The molecule has 0 bridgehead atoms. The number of anilines is 1. The molecule has 15 heteroatoms. The molecule has 10 nitrogen and oxygen atoms in total. The summed E-state index contributed by atoms with van der Waals surface area (Å²) < 4.78 is 32.7. The fourth-order valence-electron chi connectivity index (χ4n) is 4.71. The molecule has 3 heterocycles. The van der Waals surface area contributed by atoms with Crippen LogP contribution >= 0.6 is 35.3 Å². The van der Waals surface area contributed by atoms with Crippen molar-refractivity contribution >= 4 is 69.2 Å². The molecular formula is C30H28F2N4O6S3. The van der Waals surface area contributed by atoms with Gasteiger partial charge in [-0.05, 0) is 52.9 Å². The maximum absolute atomic E-state index is 13.7. The molecule has 2 fully saturated rings. The number of aromatic hydroxyl groups is 1. The van der Waals surface area contributed by atoms with Gasteiger partial charge < -0.3 is 25.6 Å². The van der Waals surface area contributed by atoms with Gasteiger partial charge in [0.25, 0.3) is 5.91 Å². The maximum Gasteiger partial charge on any atom is 0.339 e. The number of carbonyl (C=O) groups excluding carboxylic acids is 2. The molecule has 1 atom stereocenters. The number of ether oxygens (including phenoxy) is 1. The van der Waals surface area contributed by atoms with Crippen LogP contribution in [-0.2, 0) is 14.3 Å². The predicted molar refractivity (Wildman–Crippen MR) is 172 cm³/mol. The van der Waals surface area contributed by atoms with E-state index in [1.54, 1.807) is 17.5 Å². The molecule has 2 aliphatic heterocycles. The van der Waals surface area contributed by atoms with E-state index in [1.165, 1.54) is 34.4 Å². The lowest BCUT2D eigenvalue weighted by Gasteiger charge is -2.28. The number of rotatable bonds is 11. The number of thiocarbonyl (C=S) groups is 1. The van der Waals surface area contributed by atoms with E-state index in [1.807, 2.05) is 0 Å². The van der Waals surface area contributed by atoms with Crippen molar-refractivity contribution in [2.45, 2.75) is 6.04 Å². The minimum absolute atomic E-state index is 0.0826. The van der Waals surface area contributed by atoms with E-state index >= 15 is 0 Å². The van der Waals surface area contributed by atoms with Crippen LogP contribution in [0.5, 0.6) is 5.75 Å². The van der Waals surface area contributed by atoms with Gasteiger partial charge in [0.1, 0.15) is 21.7 Å². The zero-order valence-corrected chi connectivity index (χ0v) is 26.1. The SMILES string of the molecule is O=C(O)c1ccc(NC(=O)[C@H](CN2C(=O)C(=Cc3cc(-c4ccc(F)c(F)c4)cs3)SC2=S)NCCN2CCOCC2)cc1O. The molecule has 0 saturated carbocycles. The molecule has 0 radical (unpaired) electrons. The van der Waals surface area contributed by atoms with Crippen LogP contribution in [0.2, 0.25) is 0 Å². The van der Waals surface area contributed by atoms with E-state index in [9.17, 15) is 33.4 Å². The lowest BCUT2D eigenvalue weighted by atomic mass is 10.1. The van der Waals surface area contributed by atoms with Crippen LogP contribution in [0.3, 0.4) is 0 Å².